The van der Waals surface area contributed by atoms with Gasteiger partial charge in [0.1, 0.15) is 5.75 Å². The zero-order valence-corrected chi connectivity index (χ0v) is 22.1. The topological polar surface area (TPSA) is 75.7 Å². The average Bonchev–Trinajstić information content (AvgIpc) is 2.82. The number of rotatable bonds is 9. The molecule has 35 heavy (non-hydrogen) atoms. The lowest BCUT2D eigenvalue weighted by Gasteiger charge is -2.23. The van der Waals surface area contributed by atoms with Crippen LogP contribution in [0.1, 0.15) is 57.6 Å². The maximum absolute atomic E-state index is 12.9. The molecule has 1 N–H and O–H groups in total. The molecule has 0 saturated carbocycles. The van der Waals surface area contributed by atoms with Crippen molar-refractivity contribution in [3.8, 4) is 5.75 Å². The number of nitrogens with zero attached hydrogens (tertiary/aromatic N) is 1. The predicted octanol–water partition coefficient (Wildman–Crippen LogP) is 5.47. The highest BCUT2D eigenvalue weighted by atomic mass is 32.2. The lowest BCUT2D eigenvalue weighted by atomic mass is 10.0. The number of methoxy groups -OCH3 is 1. The van der Waals surface area contributed by atoms with E-state index in [9.17, 15) is 13.2 Å². The van der Waals surface area contributed by atoms with Gasteiger partial charge in [-0.15, -0.1) is 0 Å². The van der Waals surface area contributed by atoms with Gasteiger partial charge in [0.05, 0.1) is 31.6 Å². The summed E-state index contributed by atoms with van der Waals surface area (Å²) in [6.45, 7) is 8.15. The van der Waals surface area contributed by atoms with E-state index in [0.29, 0.717) is 11.3 Å². The van der Waals surface area contributed by atoms with Gasteiger partial charge in [-0.3, -0.25) is 9.10 Å². The summed E-state index contributed by atoms with van der Waals surface area (Å²) in [5.41, 5.74) is 6.11. The molecule has 1 atom stereocenters. The fourth-order valence-corrected chi connectivity index (χ4v) is 4.87. The van der Waals surface area contributed by atoms with Crippen molar-refractivity contribution < 1.29 is 17.9 Å². The molecule has 0 radical (unpaired) electrons. The number of anilines is 1. The van der Waals surface area contributed by atoms with Gasteiger partial charge in [-0.25, -0.2) is 8.42 Å². The minimum atomic E-state index is -3.49. The Labute approximate surface area is 209 Å². The average molecular weight is 495 g/mol. The molecule has 0 aliphatic carbocycles. The molecule has 0 spiro atoms. The molecule has 0 unspecified atom stereocenters. The molecule has 3 aromatic rings. The van der Waals surface area contributed by atoms with Crippen LogP contribution in [-0.2, 0) is 16.6 Å². The lowest BCUT2D eigenvalue weighted by molar-refractivity contribution is 0.0935. The van der Waals surface area contributed by atoms with Gasteiger partial charge in [0.15, 0.2) is 0 Å². The van der Waals surface area contributed by atoms with Crippen LogP contribution in [0.25, 0.3) is 0 Å². The van der Waals surface area contributed by atoms with E-state index in [-0.39, 0.29) is 18.5 Å². The monoisotopic (exact) mass is 494 g/mol. The fourth-order valence-electron chi connectivity index (χ4n) is 3.99. The number of hydrogen-bond acceptors (Lipinski definition) is 4. The van der Waals surface area contributed by atoms with Crippen molar-refractivity contribution in [2.24, 2.45) is 0 Å². The predicted molar refractivity (Wildman–Crippen MR) is 142 cm³/mol. The number of ether oxygens (including phenoxy) is 1. The molecule has 0 aliphatic rings. The zero-order chi connectivity index (χ0) is 25.8. The van der Waals surface area contributed by atoms with Crippen molar-refractivity contribution in [2.75, 3.05) is 17.7 Å². The third-order valence-corrected chi connectivity index (χ3v) is 7.40. The van der Waals surface area contributed by atoms with E-state index in [1.165, 1.54) is 10.6 Å². The first-order valence-electron chi connectivity index (χ1n) is 11.6. The van der Waals surface area contributed by atoms with Gasteiger partial charge in [0.25, 0.3) is 5.91 Å². The van der Waals surface area contributed by atoms with E-state index in [2.05, 4.69) is 5.32 Å². The number of sulfonamides is 1. The SMILES string of the molecule is CC[C@@H](NC(=O)c1ccc(CN(c2ccc(C)c(C)c2)S(C)(=O)=O)cc1)c1ccc(OC)c(C)c1. The van der Waals surface area contributed by atoms with Gasteiger partial charge in [-0.05, 0) is 85.3 Å². The van der Waals surface area contributed by atoms with Crippen LogP contribution in [0.2, 0.25) is 0 Å². The summed E-state index contributed by atoms with van der Waals surface area (Å²) < 4.78 is 31.7. The molecule has 6 nitrogen and oxygen atoms in total. The molecular weight excluding hydrogens is 460 g/mol. The Morgan fingerprint density at radius 3 is 2.17 bits per heavy atom. The Bertz CT molecular complexity index is 1300. The molecule has 1 amide bonds. The molecule has 186 valence electrons. The molecule has 0 bridgehead atoms. The minimum absolute atomic E-state index is 0.128. The highest BCUT2D eigenvalue weighted by Crippen LogP contribution is 2.26. The van der Waals surface area contributed by atoms with Crippen LogP contribution in [0, 0.1) is 20.8 Å². The third-order valence-electron chi connectivity index (χ3n) is 6.26. The number of benzene rings is 3. The van der Waals surface area contributed by atoms with Crippen LogP contribution in [0.15, 0.2) is 60.7 Å². The van der Waals surface area contributed by atoms with E-state index in [1.54, 1.807) is 31.4 Å². The molecule has 0 aliphatic heterocycles. The van der Waals surface area contributed by atoms with E-state index in [4.69, 9.17) is 4.74 Å². The number of nitrogens with one attached hydrogen (secondary N) is 1. The van der Waals surface area contributed by atoms with Crippen LogP contribution < -0.4 is 14.4 Å². The van der Waals surface area contributed by atoms with E-state index >= 15 is 0 Å². The second-order valence-electron chi connectivity index (χ2n) is 8.90. The van der Waals surface area contributed by atoms with Crippen LogP contribution in [0.5, 0.6) is 5.75 Å². The Morgan fingerprint density at radius 1 is 0.943 bits per heavy atom. The van der Waals surface area contributed by atoms with Crippen molar-refractivity contribution in [1.29, 1.82) is 0 Å². The van der Waals surface area contributed by atoms with Crippen molar-refractivity contribution in [2.45, 2.75) is 46.7 Å². The Morgan fingerprint density at radius 2 is 1.63 bits per heavy atom. The normalized spacial score (nSPS) is 12.2. The first-order chi connectivity index (χ1) is 16.5. The number of carbonyl (C=O) groups excluding carboxylic acids is 1. The van der Waals surface area contributed by atoms with Gasteiger partial charge in [-0.1, -0.05) is 37.3 Å². The second kappa shape index (κ2) is 11.0. The van der Waals surface area contributed by atoms with Crippen LogP contribution in [-0.4, -0.2) is 27.7 Å². The maximum atomic E-state index is 12.9. The molecule has 0 saturated heterocycles. The molecule has 0 fully saturated rings. The van der Waals surface area contributed by atoms with Crippen molar-refractivity contribution >= 4 is 21.6 Å². The quantitative estimate of drug-likeness (QED) is 0.428. The smallest absolute Gasteiger partial charge is 0.251 e. The summed E-state index contributed by atoms with van der Waals surface area (Å²) in [6.07, 6.45) is 1.95. The van der Waals surface area contributed by atoms with Gasteiger partial charge < -0.3 is 10.1 Å². The summed E-state index contributed by atoms with van der Waals surface area (Å²) >= 11 is 0. The zero-order valence-electron chi connectivity index (χ0n) is 21.3. The Balaban J connectivity index is 1.76. The summed E-state index contributed by atoms with van der Waals surface area (Å²) in [5.74, 6) is 0.639. The van der Waals surface area contributed by atoms with E-state index in [0.717, 1.165) is 40.0 Å². The largest absolute Gasteiger partial charge is 0.496 e. The van der Waals surface area contributed by atoms with E-state index in [1.807, 2.05) is 64.1 Å². The molecule has 0 aromatic heterocycles. The van der Waals surface area contributed by atoms with E-state index < -0.39 is 10.0 Å². The number of aryl methyl sites for hydroxylation is 3. The van der Waals surface area contributed by atoms with Crippen molar-refractivity contribution in [3.05, 3.63) is 94.0 Å². The van der Waals surface area contributed by atoms with Crippen LogP contribution >= 0.6 is 0 Å². The number of amides is 1. The minimum Gasteiger partial charge on any atom is -0.496 e. The maximum Gasteiger partial charge on any atom is 0.251 e. The molecule has 3 aromatic carbocycles. The number of carbonyl (C=O) groups is 1. The highest BCUT2D eigenvalue weighted by molar-refractivity contribution is 7.92. The van der Waals surface area contributed by atoms with Crippen molar-refractivity contribution in [1.82, 2.24) is 5.32 Å². The lowest BCUT2D eigenvalue weighted by Crippen LogP contribution is -2.30. The molecular formula is C28H34N2O4S. The highest BCUT2D eigenvalue weighted by Gasteiger charge is 2.19. The van der Waals surface area contributed by atoms with Crippen LogP contribution in [0.3, 0.4) is 0 Å². The summed E-state index contributed by atoms with van der Waals surface area (Å²) in [4.78, 5) is 12.9. The third kappa shape index (κ3) is 6.42. The fraction of sp³-hybridized carbons (Fsp3) is 0.321. The Kier molecular flexibility index (Phi) is 8.22. The summed E-state index contributed by atoms with van der Waals surface area (Å²) in [5, 5.41) is 3.10. The van der Waals surface area contributed by atoms with Crippen molar-refractivity contribution in [3.63, 3.8) is 0 Å². The molecule has 0 heterocycles. The first-order valence-corrected chi connectivity index (χ1v) is 13.5. The second-order valence-corrected chi connectivity index (χ2v) is 10.8. The molecule has 3 rings (SSSR count). The molecule has 7 heteroatoms. The van der Waals surface area contributed by atoms with Gasteiger partial charge in [0, 0.05) is 5.56 Å². The standard InChI is InChI=1S/C28H34N2O4S/c1-7-26(24-13-15-27(34-5)21(4)16-24)29-28(31)23-11-9-22(10-12-23)18-30(35(6,32)33)25-14-8-19(2)20(3)17-25/h8-17,26H,7,18H2,1-6H3,(H,29,31)/t26-/m1/s1. The van der Waals surface area contributed by atoms with Gasteiger partial charge in [0.2, 0.25) is 10.0 Å². The summed E-state index contributed by atoms with van der Waals surface area (Å²) in [7, 11) is -1.85. The first kappa shape index (κ1) is 26.3. The number of hydrogen-bond donors (Lipinski definition) is 1. The van der Waals surface area contributed by atoms with Gasteiger partial charge >= 0.3 is 0 Å². The van der Waals surface area contributed by atoms with Gasteiger partial charge in [-0.2, -0.15) is 0 Å². The van der Waals surface area contributed by atoms with Crippen LogP contribution in [0.4, 0.5) is 5.69 Å². The summed E-state index contributed by atoms with van der Waals surface area (Å²) in [6, 6.07) is 18.5. The Hall–Kier alpha value is -3.32.